The minimum absolute atomic E-state index is 0.0510. The molecule has 0 saturated carbocycles. The lowest BCUT2D eigenvalue weighted by Crippen LogP contribution is -2.30. The van der Waals surface area contributed by atoms with Gasteiger partial charge in [-0.1, -0.05) is 38.5 Å². The highest BCUT2D eigenvalue weighted by Gasteiger charge is 2.23. The number of nitrogens with one attached hydrogen (secondary N) is 1. The largest absolute Gasteiger partial charge is 0.446 e. The quantitative estimate of drug-likeness (QED) is 0.842. The predicted octanol–water partition coefficient (Wildman–Crippen LogP) is 3.98. The predicted molar refractivity (Wildman–Crippen MR) is 70.2 cm³/mol. The van der Waals surface area contributed by atoms with Gasteiger partial charge >= 0.3 is 6.09 Å². The topological polar surface area (TPSA) is 38.3 Å². The van der Waals surface area contributed by atoms with Crippen molar-refractivity contribution in [2.45, 2.75) is 40.7 Å². The van der Waals surface area contributed by atoms with Gasteiger partial charge in [-0.05, 0) is 31.4 Å². The molecule has 0 saturated heterocycles. The van der Waals surface area contributed by atoms with Crippen molar-refractivity contribution in [2.24, 2.45) is 5.41 Å². The van der Waals surface area contributed by atoms with E-state index in [1.54, 1.807) is 0 Å². The number of hydrogen-bond acceptors (Lipinski definition) is 2. The third-order valence-electron chi connectivity index (χ3n) is 2.80. The Hall–Kier alpha value is -1.51. The molecule has 1 rings (SSSR count). The molecule has 0 aliphatic heterocycles. The van der Waals surface area contributed by atoms with Crippen LogP contribution in [0.2, 0.25) is 0 Å². The lowest BCUT2D eigenvalue weighted by atomic mass is 9.90. The van der Waals surface area contributed by atoms with E-state index in [-0.39, 0.29) is 11.5 Å². The van der Waals surface area contributed by atoms with Gasteiger partial charge < -0.3 is 4.74 Å². The van der Waals surface area contributed by atoms with Gasteiger partial charge in [0.05, 0.1) is 0 Å². The maximum Gasteiger partial charge on any atom is 0.411 e. The van der Waals surface area contributed by atoms with Crippen LogP contribution < -0.4 is 5.32 Å². The Labute approximate surface area is 103 Å². The summed E-state index contributed by atoms with van der Waals surface area (Å²) >= 11 is 0. The zero-order valence-corrected chi connectivity index (χ0v) is 11.2. The monoisotopic (exact) mass is 235 g/mol. The molecular weight excluding hydrogens is 214 g/mol. The van der Waals surface area contributed by atoms with Crippen LogP contribution in [0.1, 0.15) is 33.3 Å². The van der Waals surface area contributed by atoms with Crippen molar-refractivity contribution in [1.29, 1.82) is 0 Å². The molecule has 94 valence electrons. The first kappa shape index (κ1) is 13.6. The fraction of sp³-hybridized carbons (Fsp3) is 0.500. The van der Waals surface area contributed by atoms with Crippen molar-refractivity contribution in [2.75, 3.05) is 5.32 Å². The third kappa shape index (κ3) is 4.47. The molecule has 0 bridgehead atoms. The molecule has 3 heteroatoms. The minimum Gasteiger partial charge on any atom is -0.446 e. The molecule has 1 aromatic carbocycles. The molecule has 17 heavy (non-hydrogen) atoms. The zero-order valence-electron chi connectivity index (χ0n) is 11.2. The molecule has 1 N–H and O–H groups in total. The van der Waals surface area contributed by atoms with Crippen molar-refractivity contribution in [3.63, 3.8) is 0 Å². The van der Waals surface area contributed by atoms with E-state index in [2.05, 4.69) is 5.32 Å². The molecule has 1 amide bonds. The van der Waals surface area contributed by atoms with Crippen LogP contribution in [0, 0.1) is 12.3 Å². The second-order valence-corrected chi connectivity index (χ2v) is 5.40. The van der Waals surface area contributed by atoms with E-state index in [1.807, 2.05) is 58.9 Å². The number of ether oxygens (including phenoxy) is 1. The molecule has 0 aliphatic carbocycles. The fourth-order valence-corrected chi connectivity index (χ4v) is 1.12. The summed E-state index contributed by atoms with van der Waals surface area (Å²) in [5, 5.41) is 2.71. The van der Waals surface area contributed by atoms with Crippen LogP contribution in [0.25, 0.3) is 0 Å². The zero-order chi connectivity index (χ0) is 13.1. The van der Waals surface area contributed by atoms with E-state index in [4.69, 9.17) is 4.74 Å². The summed E-state index contributed by atoms with van der Waals surface area (Å²) in [6, 6.07) is 7.61. The Morgan fingerprint density at radius 1 is 1.24 bits per heavy atom. The number of anilines is 1. The van der Waals surface area contributed by atoms with Gasteiger partial charge in [0.15, 0.2) is 0 Å². The van der Waals surface area contributed by atoms with E-state index in [9.17, 15) is 4.79 Å². The summed E-state index contributed by atoms with van der Waals surface area (Å²) < 4.78 is 5.30. The van der Waals surface area contributed by atoms with Crippen molar-refractivity contribution in [3.8, 4) is 0 Å². The number of carbonyl (C=O) groups is 1. The van der Waals surface area contributed by atoms with E-state index in [1.165, 1.54) is 0 Å². The van der Waals surface area contributed by atoms with Crippen LogP contribution in [-0.4, -0.2) is 12.2 Å². The highest BCUT2D eigenvalue weighted by molar-refractivity contribution is 5.84. The van der Waals surface area contributed by atoms with Gasteiger partial charge in [-0.3, -0.25) is 5.32 Å². The van der Waals surface area contributed by atoms with E-state index < -0.39 is 6.09 Å². The molecule has 0 aliphatic rings. The van der Waals surface area contributed by atoms with Crippen LogP contribution in [0.5, 0.6) is 0 Å². The molecule has 0 spiro atoms. The summed E-state index contributed by atoms with van der Waals surface area (Å²) in [5.41, 5.74) is 1.86. The summed E-state index contributed by atoms with van der Waals surface area (Å²) in [6.45, 7) is 10.0. The van der Waals surface area contributed by atoms with Crippen LogP contribution in [0.4, 0.5) is 10.5 Å². The van der Waals surface area contributed by atoms with Crippen LogP contribution >= 0.6 is 0 Å². The molecule has 0 aromatic heterocycles. The van der Waals surface area contributed by atoms with E-state index in [0.717, 1.165) is 11.3 Å². The smallest absolute Gasteiger partial charge is 0.411 e. The number of aryl methyl sites for hydroxylation is 1. The Bertz CT molecular complexity index is 376. The molecule has 0 fully saturated rings. The number of amides is 1. The van der Waals surface area contributed by atoms with Gasteiger partial charge in [-0.25, -0.2) is 4.79 Å². The van der Waals surface area contributed by atoms with Gasteiger partial charge in [0.2, 0.25) is 0 Å². The average Bonchev–Trinajstić information content (AvgIpc) is 2.20. The first-order valence-electron chi connectivity index (χ1n) is 5.83. The fourth-order valence-electron chi connectivity index (χ4n) is 1.12. The number of hydrogen-bond donors (Lipinski definition) is 1. The molecular formula is C14H21NO2. The number of benzene rings is 1. The van der Waals surface area contributed by atoms with Gasteiger partial charge in [0, 0.05) is 5.69 Å². The maximum absolute atomic E-state index is 11.6. The normalized spacial score (nSPS) is 13.0. The first-order valence-corrected chi connectivity index (χ1v) is 5.83. The summed E-state index contributed by atoms with van der Waals surface area (Å²) in [7, 11) is 0. The van der Waals surface area contributed by atoms with Gasteiger partial charge in [0.1, 0.15) is 6.10 Å². The SMILES string of the molecule is Cc1ccc(NC(=O)OC(C)C(C)(C)C)cc1. The Morgan fingerprint density at radius 2 is 1.76 bits per heavy atom. The highest BCUT2D eigenvalue weighted by Crippen LogP contribution is 2.22. The van der Waals surface area contributed by atoms with E-state index >= 15 is 0 Å². The van der Waals surface area contributed by atoms with Gasteiger partial charge in [-0.2, -0.15) is 0 Å². The maximum atomic E-state index is 11.6. The van der Waals surface area contributed by atoms with Crippen molar-refractivity contribution in [1.82, 2.24) is 0 Å². The second-order valence-electron chi connectivity index (χ2n) is 5.40. The Balaban J connectivity index is 2.53. The number of rotatable bonds is 2. The molecule has 1 atom stereocenters. The third-order valence-corrected chi connectivity index (χ3v) is 2.80. The molecule has 0 radical (unpaired) electrons. The Kier molecular flexibility index (Phi) is 4.16. The number of carbonyl (C=O) groups excluding carboxylic acids is 1. The Morgan fingerprint density at radius 3 is 2.24 bits per heavy atom. The van der Waals surface area contributed by atoms with Crippen molar-refractivity contribution in [3.05, 3.63) is 29.8 Å². The molecule has 3 nitrogen and oxygen atoms in total. The van der Waals surface area contributed by atoms with Crippen molar-refractivity contribution >= 4 is 11.8 Å². The molecule has 1 unspecified atom stereocenters. The van der Waals surface area contributed by atoms with Crippen molar-refractivity contribution < 1.29 is 9.53 Å². The summed E-state index contributed by atoms with van der Waals surface area (Å²) in [4.78, 5) is 11.6. The van der Waals surface area contributed by atoms with Crippen LogP contribution in [-0.2, 0) is 4.74 Å². The van der Waals surface area contributed by atoms with Crippen LogP contribution in [0.3, 0.4) is 0 Å². The lowest BCUT2D eigenvalue weighted by Gasteiger charge is -2.26. The minimum atomic E-state index is -0.406. The van der Waals surface area contributed by atoms with Gasteiger partial charge in [-0.15, -0.1) is 0 Å². The van der Waals surface area contributed by atoms with Gasteiger partial charge in [0.25, 0.3) is 0 Å². The van der Waals surface area contributed by atoms with Crippen LogP contribution in [0.15, 0.2) is 24.3 Å². The molecule has 0 heterocycles. The first-order chi connectivity index (χ1) is 7.79. The summed E-state index contributed by atoms with van der Waals surface area (Å²) in [6.07, 6.45) is -0.538. The highest BCUT2D eigenvalue weighted by atomic mass is 16.6. The standard InChI is InChI=1S/C14H21NO2/c1-10-6-8-12(9-7-10)15-13(16)17-11(2)14(3,4)5/h6-9,11H,1-5H3,(H,15,16). The average molecular weight is 235 g/mol. The lowest BCUT2D eigenvalue weighted by molar-refractivity contribution is 0.0528. The molecule has 1 aromatic rings. The second kappa shape index (κ2) is 5.21. The summed E-state index contributed by atoms with van der Waals surface area (Å²) in [5.74, 6) is 0. The van der Waals surface area contributed by atoms with E-state index in [0.29, 0.717) is 0 Å².